The first-order valence-electron chi connectivity index (χ1n) is 10.3. The predicted octanol–water partition coefficient (Wildman–Crippen LogP) is 2.04. The number of nitrogens with zero attached hydrogens (tertiary/aromatic N) is 3. The van der Waals surface area contributed by atoms with Gasteiger partial charge in [-0.2, -0.15) is 0 Å². The Balaban J connectivity index is 1.65. The molecule has 2 aromatic heterocycles. The fourth-order valence-corrected chi connectivity index (χ4v) is 3.18. The molecule has 31 heavy (non-hydrogen) atoms. The van der Waals surface area contributed by atoms with E-state index < -0.39 is 6.10 Å². The summed E-state index contributed by atoms with van der Waals surface area (Å²) in [5.41, 5.74) is 8.53. The standard InChI is InChI=1S/C24H27N5O2/c1-3-29(4-2)16-20(30)15-28-24(31)18-10-7-17(8-11-18)9-12-21-22-19(6-5-13-26-22)14-27-23(21)25/h5-8,10-11,13-14,20,30H,3-4,15-16H2,1-2H3,(H2,25,27)(H,28,31). The molecule has 1 aromatic carbocycles. The quantitative estimate of drug-likeness (QED) is 0.508. The lowest BCUT2D eigenvalue weighted by Crippen LogP contribution is -2.40. The number of amides is 1. The molecule has 4 N–H and O–H groups in total. The zero-order valence-electron chi connectivity index (χ0n) is 17.8. The number of nitrogens with one attached hydrogen (secondary N) is 1. The summed E-state index contributed by atoms with van der Waals surface area (Å²) in [5.74, 6) is 6.21. The van der Waals surface area contributed by atoms with E-state index in [1.807, 2.05) is 26.0 Å². The molecule has 0 bridgehead atoms. The van der Waals surface area contributed by atoms with Crippen LogP contribution in [0.2, 0.25) is 0 Å². The average molecular weight is 418 g/mol. The molecule has 2 heterocycles. The number of aliphatic hydroxyl groups is 1. The van der Waals surface area contributed by atoms with Crippen molar-refractivity contribution in [1.29, 1.82) is 0 Å². The summed E-state index contributed by atoms with van der Waals surface area (Å²) in [6.07, 6.45) is 2.76. The lowest BCUT2D eigenvalue weighted by atomic mass is 10.1. The van der Waals surface area contributed by atoms with Crippen molar-refractivity contribution in [3.05, 3.63) is 65.5 Å². The minimum Gasteiger partial charge on any atom is -0.390 e. The Kier molecular flexibility index (Phi) is 7.55. The molecule has 1 amide bonds. The number of aliphatic hydroxyl groups excluding tert-OH is 1. The molecule has 0 aliphatic carbocycles. The Bertz CT molecular complexity index is 1100. The highest BCUT2D eigenvalue weighted by Gasteiger charge is 2.11. The van der Waals surface area contributed by atoms with Crippen molar-refractivity contribution in [1.82, 2.24) is 20.2 Å². The van der Waals surface area contributed by atoms with Crippen LogP contribution in [0.4, 0.5) is 5.82 Å². The monoisotopic (exact) mass is 417 g/mol. The molecular formula is C24H27N5O2. The molecule has 0 spiro atoms. The van der Waals surface area contributed by atoms with E-state index in [1.54, 1.807) is 36.7 Å². The van der Waals surface area contributed by atoms with Gasteiger partial charge in [0.1, 0.15) is 5.82 Å². The summed E-state index contributed by atoms with van der Waals surface area (Å²) < 4.78 is 0. The minimum absolute atomic E-state index is 0.206. The molecule has 7 nitrogen and oxygen atoms in total. The zero-order chi connectivity index (χ0) is 22.2. The molecule has 0 saturated heterocycles. The van der Waals surface area contributed by atoms with Crippen LogP contribution in [0.15, 0.2) is 48.8 Å². The van der Waals surface area contributed by atoms with Gasteiger partial charge in [-0.05, 0) is 49.5 Å². The van der Waals surface area contributed by atoms with Crippen LogP contribution in [0.25, 0.3) is 10.9 Å². The molecule has 160 valence electrons. The van der Waals surface area contributed by atoms with Gasteiger partial charge in [0.2, 0.25) is 0 Å². The van der Waals surface area contributed by atoms with Crippen molar-refractivity contribution in [2.45, 2.75) is 20.0 Å². The number of hydrogen-bond acceptors (Lipinski definition) is 6. The van der Waals surface area contributed by atoms with Crippen LogP contribution in [0.3, 0.4) is 0 Å². The summed E-state index contributed by atoms with van der Waals surface area (Å²) >= 11 is 0. The van der Waals surface area contributed by atoms with Gasteiger partial charge in [0.05, 0.1) is 17.2 Å². The van der Waals surface area contributed by atoms with E-state index in [-0.39, 0.29) is 12.5 Å². The lowest BCUT2D eigenvalue weighted by Gasteiger charge is -2.22. The van der Waals surface area contributed by atoms with Crippen LogP contribution in [-0.2, 0) is 0 Å². The van der Waals surface area contributed by atoms with Gasteiger partial charge in [0, 0.05) is 42.0 Å². The molecule has 0 aliphatic rings. The van der Waals surface area contributed by atoms with E-state index in [2.05, 4.69) is 32.0 Å². The minimum atomic E-state index is -0.609. The Morgan fingerprint density at radius 2 is 1.90 bits per heavy atom. The van der Waals surface area contributed by atoms with Crippen molar-refractivity contribution >= 4 is 22.6 Å². The maximum Gasteiger partial charge on any atom is 0.251 e. The number of likely N-dealkylation sites (N-methyl/N-ethyl adjacent to an activating group) is 1. The van der Waals surface area contributed by atoms with Gasteiger partial charge in [-0.15, -0.1) is 0 Å². The van der Waals surface area contributed by atoms with Crippen molar-refractivity contribution in [3.8, 4) is 11.8 Å². The molecule has 1 unspecified atom stereocenters. The normalized spacial score (nSPS) is 11.7. The molecule has 0 fully saturated rings. The summed E-state index contributed by atoms with van der Waals surface area (Å²) in [7, 11) is 0. The number of carbonyl (C=O) groups is 1. The number of rotatable bonds is 7. The van der Waals surface area contributed by atoms with E-state index in [0.29, 0.717) is 29.0 Å². The summed E-state index contributed by atoms with van der Waals surface area (Å²) in [6, 6.07) is 10.7. The molecule has 0 aliphatic heterocycles. The number of hydrogen-bond donors (Lipinski definition) is 3. The van der Waals surface area contributed by atoms with Crippen molar-refractivity contribution in [2.75, 3.05) is 31.9 Å². The third-order valence-electron chi connectivity index (χ3n) is 5.02. The Labute approximate surface area is 182 Å². The second-order valence-electron chi connectivity index (χ2n) is 7.14. The molecule has 0 radical (unpaired) electrons. The van der Waals surface area contributed by atoms with Gasteiger partial charge in [0.15, 0.2) is 0 Å². The van der Waals surface area contributed by atoms with Gasteiger partial charge < -0.3 is 21.1 Å². The zero-order valence-corrected chi connectivity index (χ0v) is 17.8. The first kappa shape index (κ1) is 22.2. The fourth-order valence-electron chi connectivity index (χ4n) is 3.18. The Morgan fingerprint density at radius 1 is 1.16 bits per heavy atom. The lowest BCUT2D eigenvalue weighted by molar-refractivity contribution is 0.0869. The number of aromatic nitrogens is 2. The first-order valence-corrected chi connectivity index (χ1v) is 10.3. The number of nitrogen functional groups attached to an aromatic ring is 1. The Hall–Kier alpha value is -3.47. The summed E-state index contributed by atoms with van der Waals surface area (Å²) in [6.45, 7) is 6.54. The third-order valence-corrected chi connectivity index (χ3v) is 5.02. The highest BCUT2D eigenvalue weighted by Crippen LogP contribution is 2.18. The maximum atomic E-state index is 12.4. The molecular weight excluding hydrogens is 390 g/mol. The van der Waals surface area contributed by atoms with E-state index in [1.165, 1.54) is 0 Å². The van der Waals surface area contributed by atoms with Gasteiger partial charge in [-0.1, -0.05) is 25.7 Å². The van der Waals surface area contributed by atoms with E-state index in [0.717, 1.165) is 24.0 Å². The highest BCUT2D eigenvalue weighted by atomic mass is 16.3. The van der Waals surface area contributed by atoms with E-state index in [4.69, 9.17) is 5.73 Å². The Morgan fingerprint density at radius 3 is 2.61 bits per heavy atom. The van der Waals surface area contributed by atoms with Crippen LogP contribution in [0, 0.1) is 11.8 Å². The second kappa shape index (κ2) is 10.5. The largest absolute Gasteiger partial charge is 0.390 e. The van der Waals surface area contributed by atoms with Crippen molar-refractivity contribution in [2.24, 2.45) is 0 Å². The fraction of sp³-hybridized carbons (Fsp3) is 0.292. The smallest absolute Gasteiger partial charge is 0.251 e. The molecule has 7 heteroatoms. The van der Waals surface area contributed by atoms with Crippen molar-refractivity contribution < 1.29 is 9.90 Å². The topological polar surface area (TPSA) is 104 Å². The van der Waals surface area contributed by atoms with Crippen molar-refractivity contribution in [3.63, 3.8) is 0 Å². The predicted molar refractivity (Wildman–Crippen MR) is 123 cm³/mol. The van der Waals surface area contributed by atoms with Crippen LogP contribution >= 0.6 is 0 Å². The van der Waals surface area contributed by atoms with Gasteiger partial charge >= 0.3 is 0 Å². The van der Waals surface area contributed by atoms with Crippen LogP contribution < -0.4 is 11.1 Å². The second-order valence-corrected chi connectivity index (χ2v) is 7.14. The summed E-state index contributed by atoms with van der Waals surface area (Å²) in [5, 5.41) is 13.7. The maximum absolute atomic E-state index is 12.4. The first-order chi connectivity index (χ1) is 15.0. The summed E-state index contributed by atoms with van der Waals surface area (Å²) in [4.78, 5) is 23.0. The average Bonchev–Trinajstić information content (AvgIpc) is 2.80. The highest BCUT2D eigenvalue weighted by molar-refractivity contribution is 5.94. The number of nitrogens with two attached hydrogens (primary N) is 1. The van der Waals surface area contributed by atoms with Crippen LogP contribution in [0.5, 0.6) is 0 Å². The molecule has 3 aromatic rings. The van der Waals surface area contributed by atoms with Crippen LogP contribution in [-0.4, -0.2) is 58.2 Å². The number of anilines is 1. The van der Waals surface area contributed by atoms with E-state index in [9.17, 15) is 9.90 Å². The number of fused-ring (bicyclic) bond motifs is 1. The van der Waals surface area contributed by atoms with E-state index >= 15 is 0 Å². The number of benzene rings is 1. The SMILES string of the molecule is CCN(CC)CC(O)CNC(=O)c1ccc(C#Cc2c(N)ncc3cccnc23)cc1. The molecule has 1 atom stereocenters. The molecule has 0 saturated carbocycles. The number of carbonyl (C=O) groups excluding carboxylic acids is 1. The van der Waals surface area contributed by atoms with Gasteiger partial charge in [-0.3, -0.25) is 9.78 Å². The third kappa shape index (κ3) is 5.79. The van der Waals surface area contributed by atoms with Crippen LogP contribution in [0.1, 0.15) is 35.3 Å². The molecule has 3 rings (SSSR count). The van der Waals surface area contributed by atoms with Gasteiger partial charge in [0.25, 0.3) is 5.91 Å². The van der Waals surface area contributed by atoms with Gasteiger partial charge in [-0.25, -0.2) is 4.98 Å². The number of pyridine rings is 2.